The van der Waals surface area contributed by atoms with Crippen molar-refractivity contribution in [2.24, 2.45) is 7.05 Å². The first-order chi connectivity index (χ1) is 8.71. The number of aromatic nitrogens is 3. The van der Waals surface area contributed by atoms with Gasteiger partial charge in [-0.15, -0.1) is 5.10 Å². The minimum Gasteiger partial charge on any atom is -0.264 e. The molecular formula is C11H9F3IN3S. The molecule has 0 atom stereocenters. The van der Waals surface area contributed by atoms with Crippen molar-refractivity contribution >= 4 is 34.8 Å². The van der Waals surface area contributed by atoms with E-state index in [-0.39, 0.29) is 4.77 Å². The van der Waals surface area contributed by atoms with Crippen LogP contribution < -0.4 is 0 Å². The highest BCUT2D eigenvalue weighted by atomic mass is 127. The molecule has 1 aromatic carbocycles. The summed E-state index contributed by atoms with van der Waals surface area (Å²) in [6.45, 7) is 1.74. The third-order valence-electron chi connectivity index (χ3n) is 2.58. The Morgan fingerprint density at radius 1 is 1.32 bits per heavy atom. The monoisotopic (exact) mass is 399 g/mol. The molecule has 0 saturated heterocycles. The van der Waals surface area contributed by atoms with Gasteiger partial charge in [0.15, 0.2) is 0 Å². The van der Waals surface area contributed by atoms with E-state index in [4.69, 9.17) is 12.2 Å². The fourth-order valence-corrected chi connectivity index (χ4v) is 2.61. The van der Waals surface area contributed by atoms with Crippen LogP contribution in [0, 0.1) is 15.3 Å². The summed E-state index contributed by atoms with van der Waals surface area (Å²) in [5, 5.41) is 3.47. The molecule has 0 radical (unpaired) electrons. The summed E-state index contributed by atoms with van der Waals surface area (Å²) in [7, 11) is 1.40. The van der Waals surface area contributed by atoms with E-state index in [2.05, 4.69) is 27.7 Å². The summed E-state index contributed by atoms with van der Waals surface area (Å²) in [6, 6.07) is 5.15. The van der Waals surface area contributed by atoms with Crippen molar-refractivity contribution in [3.05, 3.63) is 37.9 Å². The number of halogens is 4. The zero-order valence-corrected chi connectivity index (χ0v) is 13.0. The van der Waals surface area contributed by atoms with Gasteiger partial charge in [0.25, 0.3) is 0 Å². The highest BCUT2D eigenvalue weighted by molar-refractivity contribution is 14.1. The minimum atomic E-state index is -4.55. The van der Waals surface area contributed by atoms with Crippen molar-refractivity contribution in [3.63, 3.8) is 0 Å². The van der Waals surface area contributed by atoms with Gasteiger partial charge < -0.3 is 0 Å². The Hall–Kier alpha value is -0.900. The lowest BCUT2D eigenvalue weighted by Crippen LogP contribution is -2.14. The van der Waals surface area contributed by atoms with E-state index < -0.39 is 12.0 Å². The van der Waals surface area contributed by atoms with Crippen LogP contribution >= 0.6 is 34.8 Å². The van der Waals surface area contributed by atoms with Gasteiger partial charge in [-0.2, -0.15) is 13.2 Å². The van der Waals surface area contributed by atoms with Crippen molar-refractivity contribution in [2.45, 2.75) is 13.1 Å². The van der Waals surface area contributed by atoms with Gasteiger partial charge in [-0.1, -0.05) is 0 Å². The van der Waals surface area contributed by atoms with Crippen LogP contribution in [-0.2, 0) is 13.2 Å². The van der Waals surface area contributed by atoms with Crippen LogP contribution in [0.15, 0.2) is 18.2 Å². The van der Waals surface area contributed by atoms with Gasteiger partial charge in [-0.25, -0.2) is 4.68 Å². The van der Waals surface area contributed by atoms with Crippen LogP contribution in [-0.4, -0.2) is 14.3 Å². The van der Waals surface area contributed by atoms with E-state index in [1.165, 1.54) is 7.05 Å². The SMILES string of the molecule is Cc1cc(I)ccc1-n1c(C(F)(F)F)nn(C)c1=S. The Balaban J connectivity index is 2.78. The van der Waals surface area contributed by atoms with Crippen LogP contribution in [0.4, 0.5) is 13.2 Å². The van der Waals surface area contributed by atoms with Crippen LogP contribution in [0.2, 0.25) is 0 Å². The van der Waals surface area contributed by atoms with Gasteiger partial charge in [-0.3, -0.25) is 4.57 Å². The molecule has 2 aromatic rings. The number of aryl methyl sites for hydroxylation is 2. The van der Waals surface area contributed by atoms with Gasteiger partial charge in [0, 0.05) is 10.6 Å². The first-order valence-corrected chi connectivity index (χ1v) is 6.70. The number of nitrogens with zero attached hydrogens (tertiary/aromatic N) is 3. The number of benzene rings is 1. The summed E-state index contributed by atoms with van der Waals surface area (Å²) in [5.74, 6) is -1.01. The Kier molecular flexibility index (Phi) is 3.74. The molecular weight excluding hydrogens is 390 g/mol. The minimum absolute atomic E-state index is 0.0108. The molecule has 0 N–H and O–H groups in total. The first kappa shape index (κ1) is 14.5. The summed E-state index contributed by atoms with van der Waals surface area (Å²) >= 11 is 7.12. The number of hydrogen-bond donors (Lipinski definition) is 0. The lowest BCUT2D eigenvalue weighted by molar-refractivity contribution is -0.146. The number of rotatable bonds is 1. The highest BCUT2D eigenvalue weighted by Gasteiger charge is 2.38. The Morgan fingerprint density at radius 3 is 2.47 bits per heavy atom. The predicted octanol–water partition coefficient (Wildman–Crippen LogP) is 3.87. The van der Waals surface area contributed by atoms with E-state index >= 15 is 0 Å². The average molecular weight is 399 g/mol. The number of hydrogen-bond acceptors (Lipinski definition) is 2. The van der Waals surface area contributed by atoms with Crippen molar-refractivity contribution in [2.75, 3.05) is 0 Å². The third kappa shape index (κ3) is 2.69. The van der Waals surface area contributed by atoms with Crippen molar-refractivity contribution < 1.29 is 13.2 Å². The molecule has 0 aliphatic rings. The molecule has 0 aliphatic heterocycles. The smallest absolute Gasteiger partial charge is 0.264 e. The van der Waals surface area contributed by atoms with Crippen molar-refractivity contribution in [3.8, 4) is 5.69 Å². The molecule has 102 valence electrons. The molecule has 19 heavy (non-hydrogen) atoms. The molecule has 0 unspecified atom stereocenters. The van der Waals surface area contributed by atoms with E-state index in [1.807, 2.05) is 0 Å². The van der Waals surface area contributed by atoms with Crippen molar-refractivity contribution in [1.82, 2.24) is 14.3 Å². The molecule has 1 aromatic heterocycles. The summed E-state index contributed by atoms with van der Waals surface area (Å²) in [4.78, 5) is 0. The molecule has 2 rings (SSSR count). The predicted molar refractivity (Wildman–Crippen MR) is 75.8 cm³/mol. The van der Waals surface area contributed by atoms with Crippen LogP contribution in [0.25, 0.3) is 5.69 Å². The van der Waals surface area contributed by atoms with Gasteiger partial charge in [0.1, 0.15) is 0 Å². The maximum Gasteiger partial charge on any atom is 0.452 e. The Morgan fingerprint density at radius 2 is 1.95 bits per heavy atom. The molecule has 3 nitrogen and oxygen atoms in total. The second-order valence-corrected chi connectivity index (χ2v) is 5.60. The van der Waals surface area contributed by atoms with E-state index in [0.29, 0.717) is 11.3 Å². The van der Waals surface area contributed by atoms with Crippen molar-refractivity contribution in [1.29, 1.82) is 0 Å². The third-order valence-corrected chi connectivity index (χ3v) is 3.70. The maximum absolute atomic E-state index is 13.0. The highest BCUT2D eigenvalue weighted by Crippen LogP contribution is 2.31. The van der Waals surface area contributed by atoms with E-state index in [9.17, 15) is 13.2 Å². The summed E-state index contributed by atoms with van der Waals surface area (Å²) in [6.07, 6.45) is -4.55. The molecule has 0 fully saturated rings. The standard InChI is InChI=1S/C11H9F3IN3S/c1-6-5-7(15)3-4-8(6)18-9(11(12,13)14)16-17(2)10(18)19/h3-5H,1-2H3. The quantitative estimate of drug-likeness (QED) is 0.537. The zero-order chi connectivity index (χ0) is 14.4. The molecule has 0 spiro atoms. The average Bonchev–Trinajstić information content (AvgIpc) is 2.56. The molecule has 0 saturated carbocycles. The topological polar surface area (TPSA) is 22.8 Å². The largest absolute Gasteiger partial charge is 0.452 e. The maximum atomic E-state index is 13.0. The summed E-state index contributed by atoms with van der Waals surface area (Å²) < 4.78 is 41.9. The second kappa shape index (κ2) is 4.89. The van der Waals surface area contributed by atoms with Crippen LogP contribution in [0.5, 0.6) is 0 Å². The molecule has 0 aliphatic carbocycles. The lowest BCUT2D eigenvalue weighted by atomic mass is 10.2. The van der Waals surface area contributed by atoms with Crippen LogP contribution in [0.1, 0.15) is 11.4 Å². The molecule has 0 amide bonds. The van der Waals surface area contributed by atoms with Gasteiger partial charge >= 0.3 is 6.18 Å². The lowest BCUT2D eigenvalue weighted by Gasteiger charge is -2.11. The van der Waals surface area contributed by atoms with Gasteiger partial charge in [-0.05, 0) is 65.5 Å². The fraction of sp³-hybridized carbons (Fsp3) is 0.273. The second-order valence-electron chi connectivity index (χ2n) is 3.99. The molecule has 1 heterocycles. The van der Waals surface area contributed by atoms with Crippen LogP contribution in [0.3, 0.4) is 0 Å². The van der Waals surface area contributed by atoms with Gasteiger partial charge in [0.05, 0.1) is 5.69 Å². The Labute approximate surface area is 126 Å². The van der Waals surface area contributed by atoms with E-state index in [0.717, 1.165) is 12.8 Å². The zero-order valence-electron chi connectivity index (χ0n) is 9.99. The number of alkyl halides is 3. The normalized spacial score (nSPS) is 11.9. The summed E-state index contributed by atoms with van der Waals surface area (Å²) in [5.41, 5.74) is 1.10. The molecule has 8 heteroatoms. The van der Waals surface area contributed by atoms with Gasteiger partial charge in [0.2, 0.25) is 10.6 Å². The van der Waals surface area contributed by atoms with E-state index in [1.54, 1.807) is 25.1 Å². The first-order valence-electron chi connectivity index (χ1n) is 5.21. The Bertz CT molecular complexity index is 687. The fourth-order valence-electron chi connectivity index (χ4n) is 1.74. The molecule has 0 bridgehead atoms.